The van der Waals surface area contributed by atoms with E-state index in [0.29, 0.717) is 5.56 Å². The van der Waals surface area contributed by atoms with E-state index in [1.54, 1.807) is 6.92 Å². The molecule has 6 heteroatoms. The van der Waals surface area contributed by atoms with Gasteiger partial charge in [0, 0.05) is 18.9 Å². The van der Waals surface area contributed by atoms with E-state index in [0.717, 1.165) is 25.7 Å². The van der Waals surface area contributed by atoms with Crippen LogP contribution in [0.2, 0.25) is 0 Å². The van der Waals surface area contributed by atoms with Gasteiger partial charge in [0.1, 0.15) is 11.4 Å². The monoisotopic (exact) mass is 336 g/mol. The van der Waals surface area contributed by atoms with Crippen LogP contribution in [0.1, 0.15) is 51.0 Å². The average Bonchev–Trinajstić information content (AvgIpc) is 3.04. The number of hydrogen-bond acceptors (Lipinski definition) is 3. The molecule has 1 aliphatic rings. The molecule has 3 N–H and O–H groups in total. The molecule has 2 amide bonds. The van der Waals surface area contributed by atoms with Crippen molar-refractivity contribution in [3.05, 3.63) is 35.6 Å². The lowest BCUT2D eigenvalue weighted by molar-refractivity contribution is -0.127. The maximum atomic E-state index is 12.9. The Morgan fingerprint density at radius 2 is 1.75 bits per heavy atom. The third-order valence-electron chi connectivity index (χ3n) is 4.40. The lowest BCUT2D eigenvalue weighted by atomic mass is 9.96. The lowest BCUT2D eigenvalue weighted by Gasteiger charge is -2.24. The van der Waals surface area contributed by atoms with Gasteiger partial charge in [0.05, 0.1) is 6.54 Å². The molecule has 0 heterocycles. The van der Waals surface area contributed by atoms with Crippen molar-refractivity contribution in [2.75, 3.05) is 6.54 Å². The molecule has 0 saturated heterocycles. The van der Waals surface area contributed by atoms with Gasteiger partial charge in [0.2, 0.25) is 11.8 Å². The second-order valence-electron chi connectivity index (χ2n) is 6.61. The highest BCUT2D eigenvalue weighted by Gasteiger charge is 2.24. The van der Waals surface area contributed by atoms with Gasteiger partial charge < -0.3 is 15.7 Å². The van der Waals surface area contributed by atoms with Crippen LogP contribution in [-0.2, 0) is 15.2 Å². The van der Waals surface area contributed by atoms with Gasteiger partial charge >= 0.3 is 0 Å². The fraction of sp³-hybridized carbons (Fsp3) is 0.556. The van der Waals surface area contributed by atoms with E-state index in [-0.39, 0.29) is 43.1 Å². The molecule has 1 unspecified atom stereocenters. The van der Waals surface area contributed by atoms with E-state index in [4.69, 9.17) is 0 Å². The van der Waals surface area contributed by atoms with E-state index in [2.05, 4.69) is 10.6 Å². The van der Waals surface area contributed by atoms with Gasteiger partial charge in [-0.25, -0.2) is 4.39 Å². The molecule has 0 bridgehead atoms. The van der Waals surface area contributed by atoms with E-state index < -0.39 is 5.60 Å². The minimum atomic E-state index is -1.30. The summed E-state index contributed by atoms with van der Waals surface area (Å²) in [4.78, 5) is 23.6. The summed E-state index contributed by atoms with van der Waals surface area (Å²) in [6.45, 7) is 1.55. The zero-order valence-electron chi connectivity index (χ0n) is 14.0. The second kappa shape index (κ2) is 8.24. The minimum absolute atomic E-state index is 0.00170. The molecule has 24 heavy (non-hydrogen) atoms. The van der Waals surface area contributed by atoms with Crippen molar-refractivity contribution in [3.8, 4) is 0 Å². The topological polar surface area (TPSA) is 78.4 Å². The van der Waals surface area contributed by atoms with Crippen molar-refractivity contribution in [3.63, 3.8) is 0 Å². The molecule has 1 saturated carbocycles. The Kier molecular flexibility index (Phi) is 6.31. The van der Waals surface area contributed by atoms with Crippen molar-refractivity contribution in [1.29, 1.82) is 0 Å². The molecule has 0 radical (unpaired) electrons. The number of carbonyl (C=O) groups is 2. The molecule has 5 nitrogen and oxygen atoms in total. The molecular formula is C18H25FN2O3. The number of halogens is 1. The molecule has 0 spiro atoms. The number of rotatable bonds is 7. The van der Waals surface area contributed by atoms with Crippen LogP contribution in [0.15, 0.2) is 24.3 Å². The van der Waals surface area contributed by atoms with Crippen LogP contribution < -0.4 is 10.6 Å². The van der Waals surface area contributed by atoms with Crippen molar-refractivity contribution in [2.45, 2.75) is 57.1 Å². The number of nitrogens with one attached hydrogen (secondary N) is 2. The zero-order chi connectivity index (χ0) is 17.6. The molecule has 1 aromatic carbocycles. The predicted molar refractivity (Wildman–Crippen MR) is 88.6 cm³/mol. The molecule has 0 aliphatic heterocycles. The summed E-state index contributed by atoms with van der Waals surface area (Å²) in [6, 6.07) is 5.74. The first-order valence-electron chi connectivity index (χ1n) is 8.41. The second-order valence-corrected chi connectivity index (χ2v) is 6.61. The largest absolute Gasteiger partial charge is 0.384 e. The highest BCUT2D eigenvalue weighted by Crippen LogP contribution is 2.20. The highest BCUT2D eigenvalue weighted by molar-refractivity contribution is 5.83. The van der Waals surface area contributed by atoms with Crippen molar-refractivity contribution in [2.24, 2.45) is 0 Å². The maximum absolute atomic E-state index is 12.9. The maximum Gasteiger partial charge on any atom is 0.220 e. The van der Waals surface area contributed by atoms with Gasteiger partial charge in [-0.15, -0.1) is 0 Å². The average molecular weight is 336 g/mol. The zero-order valence-corrected chi connectivity index (χ0v) is 14.0. The highest BCUT2D eigenvalue weighted by atomic mass is 19.1. The fourth-order valence-corrected chi connectivity index (χ4v) is 2.87. The van der Waals surface area contributed by atoms with Crippen LogP contribution in [0, 0.1) is 5.82 Å². The first kappa shape index (κ1) is 18.4. The normalized spacial score (nSPS) is 17.3. The first-order valence-corrected chi connectivity index (χ1v) is 8.41. The number of hydrogen-bond donors (Lipinski definition) is 3. The standard InChI is InChI=1S/C18H25FN2O3/c1-18(24,13-6-8-14(19)9-7-13)12-20-16(22)10-11-17(23)21-15-4-2-3-5-15/h6-9,15,24H,2-5,10-12H2,1H3,(H,20,22)(H,21,23). The van der Waals surface area contributed by atoms with Crippen LogP contribution >= 0.6 is 0 Å². The van der Waals surface area contributed by atoms with Crippen LogP contribution in [0.4, 0.5) is 4.39 Å². The number of amides is 2. The van der Waals surface area contributed by atoms with Crippen LogP contribution in [0.5, 0.6) is 0 Å². The molecule has 0 aromatic heterocycles. The summed E-state index contributed by atoms with van der Waals surface area (Å²) in [7, 11) is 0. The molecular weight excluding hydrogens is 311 g/mol. The van der Waals surface area contributed by atoms with Crippen molar-refractivity contribution < 1.29 is 19.1 Å². The molecule has 1 atom stereocenters. The summed E-state index contributed by atoms with van der Waals surface area (Å²) >= 11 is 0. The van der Waals surface area contributed by atoms with E-state index in [1.165, 1.54) is 24.3 Å². The van der Waals surface area contributed by atoms with Crippen molar-refractivity contribution >= 4 is 11.8 Å². The predicted octanol–water partition coefficient (Wildman–Crippen LogP) is 1.99. The van der Waals surface area contributed by atoms with E-state index in [9.17, 15) is 19.1 Å². The first-order chi connectivity index (χ1) is 11.4. The summed E-state index contributed by atoms with van der Waals surface area (Å²) in [6.07, 6.45) is 4.53. The van der Waals surface area contributed by atoms with Gasteiger partial charge in [0.25, 0.3) is 0 Å². The SMILES string of the molecule is CC(O)(CNC(=O)CCC(=O)NC1CCCC1)c1ccc(F)cc1. The molecule has 1 aromatic rings. The minimum Gasteiger partial charge on any atom is -0.384 e. The summed E-state index contributed by atoms with van der Waals surface area (Å²) in [5.74, 6) is -0.784. The van der Waals surface area contributed by atoms with Crippen molar-refractivity contribution in [1.82, 2.24) is 10.6 Å². The van der Waals surface area contributed by atoms with Crippen LogP contribution in [0.25, 0.3) is 0 Å². The smallest absolute Gasteiger partial charge is 0.220 e. The van der Waals surface area contributed by atoms with E-state index >= 15 is 0 Å². The number of aliphatic hydroxyl groups is 1. The molecule has 1 aliphatic carbocycles. The summed E-state index contributed by atoms with van der Waals surface area (Å²) in [5, 5.41) is 15.9. The Morgan fingerprint density at radius 3 is 2.38 bits per heavy atom. The van der Waals surface area contributed by atoms with Gasteiger partial charge in [-0.2, -0.15) is 0 Å². The number of benzene rings is 1. The fourth-order valence-electron chi connectivity index (χ4n) is 2.87. The van der Waals surface area contributed by atoms with Gasteiger partial charge in [-0.05, 0) is 37.5 Å². The third kappa shape index (κ3) is 5.60. The summed E-state index contributed by atoms with van der Waals surface area (Å²) < 4.78 is 12.9. The quantitative estimate of drug-likeness (QED) is 0.712. The number of carbonyl (C=O) groups excluding carboxylic acids is 2. The molecule has 1 fully saturated rings. The lowest BCUT2D eigenvalue weighted by Crippen LogP contribution is -2.39. The van der Waals surface area contributed by atoms with Gasteiger partial charge in [-0.3, -0.25) is 9.59 Å². The van der Waals surface area contributed by atoms with Crippen LogP contribution in [0.3, 0.4) is 0 Å². The molecule has 132 valence electrons. The molecule has 2 rings (SSSR count). The Bertz CT molecular complexity index is 566. The Morgan fingerprint density at radius 1 is 1.17 bits per heavy atom. The van der Waals surface area contributed by atoms with Gasteiger partial charge in [-0.1, -0.05) is 25.0 Å². The van der Waals surface area contributed by atoms with Gasteiger partial charge in [0.15, 0.2) is 0 Å². The summed E-state index contributed by atoms with van der Waals surface area (Å²) in [5.41, 5.74) is -0.779. The Balaban J connectivity index is 1.71. The Labute approximate surface area is 141 Å². The van der Waals surface area contributed by atoms with E-state index in [1.807, 2.05) is 0 Å². The van der Waals surface area contributed by atoms with Crippen LogP contribution in [-0.4, -0.2) is 29.5 Å². The third-order valence-corrected chi connectivity index (χ3v) is 4.40. The Hall–Kier alpha value is -1.95.